The summed E-state index contributed by atoms with van der Waals surface area (Å²) in [5.41, 5.74) is 6.12. The lowest BCUT2D eigenvalue weighted by Crippen LogP contribution is -2.41. The van der Waals surface area contributed by atoms with E-state index in [0.29, 0.717) is 47.3 Å². The molecule has 3 aromatic carbocycles. The van der Waals surface area contributed by atoms with Gasteiger partial charge in [-0.15, -0.1) is 0 Å². The fraction of sp³-hybridized carbons (Fsp3) is 0.192. The fourth-order valence-corrected chi connectivity index (χ4v) is 3.13. The monoisotopic (exact) mass is 477 g/mol. The highest BCUT2D eigenvalue weighted by molar-refractivity contribution is 6.05. The summed E-state index contributed by atoms with van der Waals surface area (Å²) in [7, 11) is 1.53. The Hall–Kier alpha value is -4.53. The van der Waals surface area contributed by atoms with E-state index >= 15 is 0 Å². The smallest absolute Gasteiger partial charge is 0.269 e. The molecule has 3 amide bonds. The molecule has 0 saturated carbocycles. The van der Waals surface area contributed by atoms with Crippen molar-refractivity contribution in [1.29, 1.82) is 0 Å². The molecule has 0 radical (unpaired) electrons. The van der Waals surface area contributed by atoms with Gasteiger partial charge in [0.15, 0.2) is 11.5 Å². The third-order valence-corrected chi connectivity index (χ3v) is 4.83. The average molecular weight is 478 g/mol. The zero-order valence-electron chi connectivity index (χ0n) is 19.7. The summed E-state index contributed by atoms with van der Waals surface area (Å²) in [4.78, 5) is 37.5. The van der Waals surface area contributed by atoms with Crippen LogP contribution in [0.1, 0.15) is 44.9 Å². The Kier molecular flexibility index (Phi) is 8.66. The lowest BCUT2D eigenvalue weighted by molar-refractivity contribution is 0.0846. The minimum absolute atomic E-state index is 0.250. The Bertz CT molecular complexity index is 1190. The summed E-state index contributed by atoms with van der Waals surface area (Å²) in [6.07, 6.45) is 0. The van der Waals surface area contributed by atoms with Gasteiger partial charge >= 0.3 is 0 Å². The zero-order valence-corrected chi connectivity index (χ0v) is 19.7. The van der Waals surface area contributed by atoms with Crippen LogP contribution in [-0.4, -0.2) is 38.0 Å². The molecule has 0 aliphatic rings. The number of ether oxygens (including phenoxy) is 3. The molecule has 0 atom stereocenters. The second-order valence-electron chi connectivity index (χ2n) is 7.20. The van der Waals surface area contributed by atoms with Gasteiger partial charge < -0.3 is 19.5 Å². The van der Waals surface area contributed by atoms with Crippen LogP contribution < -0.4 is 30.4 Å². The van der Waals surface area contributed by atoms with Crippen molar-refractivity contribution in [1.82, 2.24) is 10.9 Å². The third kappa shape index (κ3) is 6.73. The maximum absolute atomic E-state index is 12.8. The first-order chi connectivity index (χ1) is 16.9. The Labute approximate surface area is 203 Å². The van der Waals surface area contributed by atoms with Crippen molar-refractivity contribution in [2.45, 2.75) is 13.8 Å². The van der Waals surface area contributed by atoms with Crippen LogP contribution in [0.15, 0.2) is 66.7 Å². The SMILES string of the molecule is CCOc1ccc(C(=O)Nc2cccc(C(=O)NNC(=O)c3ccc(OC)cc3)c2)cc1OCC. The second-order valence-corrected chi connectivity index (χ2v) is 7.20. The van der Waals surface area contributed by atoms with E-state index in [1.54, 1.807) is 60.7 Å². The van der Waals surface area contributed by atoms with Gasteiger partial charge in [-0.2, -0.15) is 0 Å². The number of anilines is 1. The molecule has 35 heavy (non-hydrogen) atoms. The van der Waals surface area contributed by atoms with Crippen LogP contribution in [0.25, 0.3) is 0 Å². The lowest BCUT2D eigenvalue weighted by Gasteiger charge is -2.13. The molecule has 0 aliphatic heterocycles. The summed E-state index contributed by atoms with van der Waals surface area (Å²) < 4.78 is 16.2. The molecular formula is C26H27N3O6. The van der Waals surface area contributed by atoms with Crippen LogP contribution in [0.2, 0.25) is 0 Å². The molecular weight excluding hydrogens is 450 g/mol. The van der Waals surface area contributed by atoms with Crippen LogP contribution in [0, 0.1) is 0 Å². The Balaban J connectivity index is 1.63. The number of nitrogens with one attached hydrogen (secondary N) is 3. The molecule has 0 bridgehead atoms. The van der Waals surface area contributed by atoms with E-state index in [2.05, 4.69) is 16.2 Å². The van der Waals surface area contributed by atoms with E-state index in [9.17, 15) is 14.4 Å². The first kappa shape index (κ1) is 25.1. The summed E-state index contributed by atoms with van der Waals surface area (Å²) in [6, 6.07) is 17.7. The number of amides is 3. The molecule has 9 heteroatoms. The van der Waals surface area contributed by atoms with Crippen molar-refractivity contribution in [3.63, 3.8) is 0 Å². The molecule has 0 heterocycles. The first-order valence-electron chi connectivity index (χ1n) is 11.0. The standard InChI is InChI=1S/C26H27N3O6/c1-4-34-22-14-11-19(16-23(22)35-5-2)24(30)27-20-8-6-7-18(15-20)26(32)29-28-25(31)17-9-12-21(33-3)13-10-17/h6-16H,4-5H2,1-3H3,(H,27,30)(H,28,31)(H,29,32). The molecule has 3 N–H and O–H groups in total. The summed E-state index contributed by atoms with van der Waals surface area (Å²) in [5, 5.41) is 2.76. The first-order valence-corrected chi connectivity index (χ1v) is 11.0. The van der Waals surface area contributed by atoms with Gasteiger partial charge in [0.1, 0.15) is 5.75 Å². The molecule has 0 unspecified atom stereocenters. The Morgan fingerprint density at radius 1 is 0.686 bits per heavy atom. The number of methoxy groups -OCH3 is 1. The minimum Gasteiger partial charge on any atom is -0.497 e. The number of hydrogen-bond acceptors (Lipinski definition) is 6. The van der Waals surface area contributed by atoms with Crippen molar-refractivity contribution < 1.29 is 28.6 Å². The van der Waals surface area contributed by atoms with Gasteiger partial charge in [-0.05, 0) is 74.5 Å². The average Bonchev–Trinajstić information content (AvgIpc) is 2.88. The predicted octanol–water partition coefficient (Wildman–Crippen LogP) is 3.82. The number of hydrogen-bond donors (Lipinski definition) is 3. The van der Waals surface area contributed by atoms with Gasteiger partial charge in [0, 0.05) is 22.4 Å². The molecule has 0 aromatic heterocycles. The van der Waals surface area contributed by atoms with Crippen molar-refractivity contribution >= 4 is 23.4 Å². The van der Waals surface area contributed by atoms with Crippen molar-refractivity contribution in [2.75, 3.05) is 25.6 Å². The summed E-state index contributed by atoms with van der Waals surface area (Å²) >= 11 is 0. The van der Waals surface area contributed by atoms with E-state index in [0.717, 1.165) is 0 Å². The number of benzene rings is 3. The normalized spacial score (nSPS) is 10.1. The molecule has 0 saturated heterocycles. The van der Waals surface area contributed by atoms with Crippen molar-refractivity contribution in [3.8, 4) is 17.2 Å². The van der Waals surface area contributed by atoms with Gasteiger partial charge in [0.2, 0.25) is 0 Å². The highest BCUT2D eigenvalue weighted by Gasteiger charge is 2.14. The van der Waals surface area contributed by atoms with E-state index < -0.39 is 11.8 Å². The lowest BCUT2D eigenvalue weighted by atomic mass is 10.1. The van der Waals surface area contributed by atoms with Crippen LogP contribution in [0.3, 0.4) is 0 Å². The second kappa shape index (κ2) is 12.1. The highest BCUT2D eigenvalue weighted by atomic mass is 16.5. The van der Waals surface area contributed by atoms with E-state index in [-0.39, 0.29) is 11.5 Å². The zero-order chi connectivity index (χ0) is 25.2. The van der Waals surface area contributed by atoms with Gasteiger partial charge in [-0.25, -0.2) is 0 Å². The maximum Gasteiger partial charge on any atom is 0.269 e. The molecule has 0 aliphatic carbocycles. The van der Waals surface area contributed by atoms with Gasteiger partial charge in [0.05, 0.1) is 20.3 Å². The van der Waals surface area contributed by atoms with Gasteiger partial charge in [-0.3, -0.25) is 25.2 Å². The quantitative estimate of drug-likeness (QED) is 0.404. The number of carbonyl (C=O) groups is 3. The molecule has 182 valence electrons. The van der Waals surface area contributed by atoms with Crippen molar-refractivity contribution in [3.05, 3.63) is 83.4 Å². The number of rotatable bonds is 9. The highest BCUT2D eigenvalue weighted by Crippen LogP contribution is 2.29. The van der Waals surface area contributed by atoms with Crippen LogP contribution >= 0.6 is 0 Å². The molecule has 9 nitrogen and oxygen atoms in total. The number of carbonyl (C=O) groups excluding carboxylic acids is 3. The minimum atomic E-state index is -0.539. The fourth-order valence-electron chi connectivity index (χ4n) is 3.13. The van der Waals surface area contributed by atoms with Crippen molar-refractivity contribution in [2.24, 2.45) is 0 Å². The van der Waals surface area contributed by atoms with Crippen LogP contribution in [0.4, 0.5) is 5.69 Å². The predicted molar refractivity (Wildman–Crippen MR) is 131 cm³/mol. The van der Waals surface area contributed by atoms with E-state index in [1.807, 2.05) is 13.8 Å². The summed E-state index contributed by atoms with van der Waals surface area (Å²) in [6.45, 7) is 4.61. The molecule has 0 spiro atoms. The largest absolute Gasteiger partial charge is 0.497 e. The van der Waals surface area contributed by atoms with Crippen LogP contribution in [-0.2, 0) is 0 Å². The number of hydrazine groups is 1. The van der Waals surface area contributed by atoms with E-state index in [4.69, 9.17) is 14.2 Å². The van der Waals surface area contributed by atoms with Gasteiger partial charge in [-0.1, -0.05) is 6.07 Å². The maximum atomic E-state index is 12.8. The Morgan fingerprint density at radius 3 is 1.94 bits per heavy atom. The van der Waals surface area contributed by atoms with Crippen LogP contribution in [0.5, 0.6) is 17.2 Å². The van der Waals surface area contributed by atoms with Gasteiger partial charge in [0.25, 0.3) is 17.7 Å². The Morgan fingerprint density at radius 2 is 1.29 bits per heavy atom. The molecule has 0 fully saturated rings. The third-order valence-electron chi connectivity index (χ3n) is 4.83. The van der Waals surface area contributed by atoms with E-state index in [1.165, 1.54) is 13.2 Å². The molecule has 3 rings (SSSR count). The summed E-state index contributed by atoms with van der Waals surface area (Å²) in [5.74, 6) is 0.251. The topological polar surface area (TPSA) is 115 Å². The molecule has 3 aromatic rings.